The predicted octanol–water partition coefficient (Wildman–Crippen LogP) is 5.46. The zero-order chi connectivity index (χ0) is 19.9. The van der Waals surface area contributed by atoms with Crippen molar-refractivity contribution in [1.29, 1.82) is 0 Å². The second-order valence-electron chi connectivity index (χ2n) is 6.48. The lowest BCUT2D eigenvalue weighted by Crippen LogP contribution is -2.21. The van der Waals surface area contributed by atoms with E-state index >= 15 is 0 Å². The lowest BCUT2D eigenvalue weighted by atomic mass is 10.0. The van der Waals surface area contributed by atoms with Crippen molar-refractivity contribution < 1.29 is 9.53 Å². The molecule has 1 amide bonds. The molecule has 0 aliphatic rings. The minimum absolute atomic E-state index is 0.119. The lowest BCUT2D eigenvalue weighted by molar-refractivity contribution is 0.102. The van der Waals surface area contributed by atoms with E-state index in [0.717, 1.165) is 41.3 Å². The first kappa shape index (κ1) is 19.5. The molecule has 4 nitrogen and oxygen atoms in total. The van der Waals surface area contributed by atoms with Gasteiger partial charge >= 0.3 is 0 Å². The molecule has 4 heteroatoms. The Morgan fingerprint density at radius 3 is 2.18 bits per heavy atom. The van der Waals surface area contributed by atoms with Gasteiger partial charge in [-0.2, -0.15) is 0 Å². The number of methoxy groups -OCH3 is 1. The standard InChI is InChI=1S/C24H26N2O2/c1-4-26(5-2)22-13-11-21(12-14-22)25-24(27)20-8-6-7-19(17-20)18-9-15-23(28-3)16-10-18/h6-17H,4-5H2,1-3H3,(H,25,27). The summed E-state index contributed by atoms with van der Waals surface area (Å²) in [4.78, 5) is 15.0. The van der Waals surface area contributed by atoms with Gasteiger partial charge in [0.15, 0.2) is 0 Å². The maximum Gasteiger partial charge on any atom is 0.255 e. The first-order valence-electron chi connectivity index (χ1n) is 9.55. The van der Waals surface area contributed by atoms with Crippen LogP contribution in [-0.2, 0) is 0 Å². The zero-order valence-corrected chi connectivity index (χ0v) is 16.6. The smallest absolute Gasteiger partial charge is 0.255 e. The maximum absolute atomic E-state index is 12.7. The molecular formula is C24H26N2O2. The molecule has 144 valence electrons. The molecule has 3 rings (SSSR count). The van der Waals surface area contributed by atoms with Crippen molar-refractivity contribution in [3.05, 3.63) is 78.4 Å². The first-order chi connectivity index (χ1) is 13.6. The molecule has 0 saturated heterocycles. The van der Waals surface area contributed by atoms with Crippen molar-refractivity contribution in [2.45, 2.75) is 13.8 Å². The molecule has 0 saturated carbocycles. The highest BCUT2D eigenvalue weighted by Gasteiger charge is 2.09. The second-order valence-corrected chi connectivity index (χ2v) is 6.48. The summed E-state index contributed by atoms with van der Waals surface area (Å²) in [5, 5.41) is 2.98. The molecule has 0 bridgehead atoms. The van der Waals surface area contributed by atoms with Crippen LogP contribution >= 0.6 is 0 Å². The van der Waals surface area contributed by atoms with Crippen LogP contribution in [0.2, 0.25) is 0 Å². The third-order valence-electron chi connectivity index (χ3n) is 4.80. The zero-order valence-electron chi connectivity index (χ0n) is 16.6. The number of amides is 1. The summed E-state index contributed by atoms with van der Waals surface area (Å²) in [7, 11) is 1.65. The Labute approximate surface area is 166 Å². The molecule has 0 radical (unpaired) electrons. The summed E-state index contributed by atoms with van der Waals surface area (Å²) < 4.78 is 5.20. The topological polar surface area (TPSA) is 41.6 Å². The van der Waals surface area contributed by atoms with E-state index in [1.165, 1.54) is 0 Å². The van der Waals surface area contributed by atoms with Crippen molar-refractivity contribution in [3.63, 3.8) is 0 Å². The van der Waals surface area contributed by atoms with Crippen molar-refractivity contribution in [2.24, 2.45) is 0 Å². The largest absolute Gasteiger partial charge is 0.497 e. The van der Waals surface area contributed by atoms with Crippen LogP contribution in [0.4, 0.5) is 11.4 Å². The van der Waals surface area contributed by atoms with Crippen LogP contribution in [0.15, 0.2) is 72.8 Å². The van der Waals surface area contributed by atoms with Gasteiger partial charge in [-0.15, -0.1) is 0 Å². The monoisotopic (exact) mass is 374 g/mol. The Morgan fingerprint density at radius 2 is 1.57 bits per heavy atom. The van der Waals surface area contributed by atoms with Gasteiger partial charge < -0.3 is 15.0 Å². The Bertz CT molecular complexity index is 914. The quantitative estimate of drug-likeness (QED) is 0.597. The Hall–Kier alpha value is -3.27. The van der Waals surface area contributed by atoms with Gasteiger partial charge in [0.1, 0.15) is 5.75 Å². The third-order valence-corrected chi connectivity index (χ3v) is 4.80. The van der Waals surface area contributed by atoms with Gasteiger partial charge in [0.2, 0.25) is 0 Å². The molecule has 0 aliphatic carbocycles. The Balaban J connectivity index is 1.74. The van der Waals surface area contributed by atoms with E-state index in [1.807, 2.05) is 72.8 Å². The average Bonchev–Trinajstić information content (AvgIpc) is 2.76. The van der Waals surface area contributed by atoms with Crippen molar-refractivity contribution in [1.82, 2.24) is 0 Å². The fourth-order valence-electron chi connectivity index (χ4n) is 3.17. The number of carbonyl (C=O) groups excluding carboxylic acids is 1. The van der Waals surface area contributed by atoms with Gasteiger partial charge in [-0.05, 0) is 73.5 Å². The van der Waals surface area contributed by atoms with E-state index in [0.29, 0.717) is 5.56 Å². The number of nitrogens with one attached hydrogen (secondary N) is 1. The fourth-order valence-corrected chi connectivity index (χ4v) is 3.17. The van der Waals surface area contributed by atoms with Crippen LogP contribution in [-0.4, -0.2) is 26.1 Å². The number of hydrogen-bond acceptors (Lipinski definition) is 3. The van der Waals surface area contributed by atoms with Crippen LogP contribution in [0, 0.1) is 0 Å². The van der Waals surface area contributed by atoms with Gasteiger partial charge in [0.25, 0.3) is 5.91 Å². The van der Waals surface area contributed by atoms with Crippen molar-refractivity contribution >= 4 is 17.3 Å². The van der Waals surface area contributed by atoms with Crippen molar-refractivity contribution in [2.75, 3.05) is 30.4 Å². The van der Waals surface area contributed by atoms with Gasteiger partial charge in [-0.3, -0.25) is 4.79 Å². The van der Waals surface area contributed by atoms with Gasteiger partial charge in [0.05, 0.1) is 7.11 Å². The maximum atomic E-state index is 12.7. The summed E-state index contributed by atoms with van der Waals surface area (Å²) in [5.74, 6) is 0.691. The van der Waals surface area contributed by atoms with E-state index in [9.17, 15) is 4.79 Å². The highest BCUT2D eigenvalue weighted by Crippen LogP contribution is 2.24. The summed E-state index contributed by atoms with van der Waals surface area (Å²) in [6.45, 7) is 6.19. The molecule has 0 aliphatic heterocycles. The fraction of sp³-hybridized carbons (Fsp3) is 0.208. The molecule has 0 fully saturated rings. The molecule has 0 heterocycles. The number of benzene rings is 3. The highest BCUT2D eigenvalue weighted by molar-refractivity contribution is 6.05. The van der Waals surface area contributed by atoms with E-state index < -0.39 is 0 Å². The molecular weight excluding hydrogens is 348 g/mol. The molecule has 0 aromatic heterocycles. The van der Waals surface area contributed by atoms with Crippen LogP contribution in [0.25, 0.3) is 11.1 Å². The van der Waals surface area contributed by atoms with Crippen molar-refractivity contribution in [3.8, 4) is 16.9 Å². The molecule has 3 aromatic rings. The first-order valence-corrected chi connectivity index (χ1v) is 9.55. The number of nitrogens with zero attached hydrogens (tertiary/aromatic N) is 1. The molecule has 0 atom stereocenters. The van der Waals surface area contributed by atoms with Crippen LogP contribution < -0.4 is 15.0 Å². The lowest BCUT2D eigenvalue weighted by Gasteiger charge is -2.21. The molecule has 1 N–H and O–H groups in total. The van der Waals surface area contributed by atoms with E-state index in [2.05, 4.69) is 24.1 Å². The summed E-state index contributed by atoms with van der Waals surface area (Å²) >= 11 is 0. The summed E-state index contributed by atoms with van der Waals surface area (Å²) in [5.41, 5.74) is 4.60. The number of rotatable bonds is 7. The predicted molar refractivity (Wildman–Crippen MR) is 116 cm³/mol. The van der Waals surface area contributed by atoms with E-state index in [1.54, 1.807) is 7.11 Å². The van der Waals surface area contributed by atoms with Crippen LogP contribution in [0.5, 0.6) is 5.75 Å². The van der Waals surface area contributed by atoms with Gasteiger partial charge in [-0.25, -0.2) is 0 Å². The van der Waals surface area contributed by atoms with Crippen LogP contribution in [0.1, 0.15) is 24.2 Å². The Morgan fingerprint density at radius 1 is 0.893 bits per heavy atom. The average molecular weight is 374 g/mol. The normalized spacial score (nSPS) is 10.4. The molecule has 0 spiro atoms. The minimum atomic E-state index is -0.119. The minimum Gasteiger partial charge on any atom is -0.497 e. The second kappa shape index (κ2) is 9.09. The number of anilines is 2. The number of hydrogen-bond donors (Lipinski definition) is 1. The molecule has 28 heavy (non-hydrogen) atoms. The Kier molecular flexibility index (Phi) is 6.33. The van der Waals surface area contributed by atoms with Gasteiger partial charge in [-0.1, -0.05) is 24.3 Å². The summed E-state index contributed by atoms with van der Waals surface area (Å²) in [6, 6.07) is 23.4. The number of ether oxygens (including phenoxy) is 1. The van der Waals surface area contributed by atoms with Gasteiger partial charge in [0, 0.05) is 30.0 Å². The third kappa shape index (κ3) is 4.52. The van der Waals surface area contributed by atoms with Crippen LogP contribution in [0.3, 0.4) is 0 Å². The molecule has 0 unspecified atom stereocenters. The van der Waals surface area contributed by atoms with E-state index in [-0.39, 0.29) is 5.91 Å². The van der Waals surface area contributed by atoms with E-state index in [4.69, 9.17) is 4.74 Å². The molecule has 3 aromatic carbocycles. The summed E-state index contributed by atoms with van der Waals surface area (Å²) in [6.07, 6.45) is 0. The number of carbonyl (C=O) groups is 1. The highest BCUT2D eigenvalue weighted by atomic mass is 16.5. The SMILES string of the molecule is CCN(CC)c1ccc(NC(=O)c2cccc(-c3ccc(OC)cc3)c2)cc1.